The molecule has 19 heavy (non-hydrogen) atoms. The van der Waals surface area contributed by atoms with E-state index in [4.69, 9.17) is 9.47 Å². The molecule has 0 unspecified atom stereocenters. The van der Waals surface area contributed by atoms with Crippen LogP contribution in [-0.2, 0) is 14.3 Å². The maximum atomic E-state index is 12.0. The molecule has 106 valence electrons. The summed E-state index contributed by atoms with van der Waals surface area (Å²) in [4.78, 5) is 12.0. The third kappa shape index (κ3) is 2.22. The summed E-state index contributed by atoms with van der Waals surface area (Å²) in [5, 5.41) is 0. The third-order valence-corrected chi connectivity index (χ3v) is 5.18. The predicted octanol–water partition coefficient (Wildman–Crippen LogP) is 3.23. The number of hydrogen-bond acceptors (Lipinski definition) is 3. The number of hydrogen-bond donors (Lipinski definition) is 0. The number of allylic oxidation sites excluding steroid dienone is 2. The van der Waals surface area contributed by atoms with Crippen LogP contribution in [0.1, 0.15) is 52.9 Å². The molecule has 2 heterocycles. The summed E-state index contributed by atoms with van der Waals surface area (Å²) in [6.07, 6.45) is 7.58. The molecule has 0 saturated carbocycles. The standard InChI is InChI=1S/C16H24O3/c1-4-11-12-8-7-10(2)6-5-9-16(3)14(19-16)13(12)18-15(11)17/h6,11-14H,4-5,7-9H2,1-3H3/b10-6+/t11-,12-,13-,14-,16+/m0/s1. The van der Waals surface area contributed by atoms with Crippen LogP contribution in [0.25, 0.3) is 0 Å². The van der Waals surface area contributed by atoms with E-state index in [1.54, 1.807) is 0 Å². The Balaban J connectivity index is 1.85. The molecule has 0 aromatic rings. The van der Waals surface area contributed by atoms with Gasteiger partial charge < -0.3 is 9.47 Å². The van der Waals surface area contributed by atoms with E-state index in [-0.39, 0.29) is 29.7 Å². The zero-order valence-corrected chi connectivity index (χ0v) is 12.1. The zero-order chi connectivity index (χ0) is 13.6. The van der Waals surface area contributed by atoms with Gasteiger partial charge in [-0.15, -0.1) is 0 Å². The molecule has 0 N–H and O–H groups in total. The third-order valence-electron chi connectivity index (χ3n) is 5.18. The smallest absolute Gasteiger partial charge is 0.309 e. The van der Waals surface area contributed by atoms with E-state index in [2.05, 4.69) is 26.8 Å². The summed E-state index contributed by atoms with van der Waals surface area (Å²) in [6, 6.07) is 0. The van der Waals surface area contributed by atoms with E-state index in [9.17, 15) is 4.79 Å². The highest BCUT2D eigenvalue weighted by Gasteiger charge is 2.62. The highest BCUT2D eigenvalue weighted by atomic mass is 16.6. The Bertz CT molecular complexity index is 414. The molecular formula is C16H24O3. The van der Waals surface area contributed by atoms with Crippen LogP contribution in [-0.4, -0.2) is 23.8 Å². The van der Waals surface area contributed by atoms with Gasteiger partial charge in [-0.3, -0.25) is 4.79 Å². The molecule has 2 fully saturated rings. The Labute approximate surface area is 115 Å². The van der Waals surface area contributed by atoms with Crippen LogP contribution < -0.4 is 0 Å². The lowest BCUT2D eigenvalue weighted by Gasteiger charge is -2.21. The molecule has 2 aliphatic heterocycles. The number of carbonyl (C=O) groups is 1. The Kier molecular flexibility index (Phi) is 3.20. The van der Waals surface area contributed by atoms with Crippen molar-refractivity contribution in [1.82, 2.24) is 0 Å². The van der Waals surface area contributed by atoms with Crippen molar-refractivity contribution in [2.24, 2.45) is 11.8 Å². The fourth-order valence-electron chi connectivity index (χ4n) is 3.81. The van der Waals surface area contributed by atoms with Crippen molar-refractivity contribution in [2.75, 3.05) is 0 Å². The van der Waals surface area contributed by atoms with Gasteiger partial charge in [-0.25, -0.2) is 0 Å². The average Bonchev–Trinajstić information content (AvgIpc) is 2.92. The lowest BCUT2D eigenvalue weighted by atomic mass is 9.80. The van der Waals surface area contributed by atoms with Gasteiger partial charge in [-0.2, -0.15) is 0 Å². The molecule has 0 bridgehead atoms. The van der Waals surface area contributed by atoms with Crippen molar-refractivity contribution < 1.29 is 14.3 Å². The molecule has 0 aromatic heterocycles. The molecule has 3 rings (SSSR count). The number of ether oxygens (including phenoxy) is 2. The van der Waals surface area contributed by atoms with Crippen LogP contribution >= 0.6 is 0 Å². The van der Waals surface area contributed by atoms with E-state index in [0.717, 1.165) is 32.1 Å². The van der Waals surface area contributed by atoms with Gasteiger partial charge in [0.1, 0.15) is 12.2 Å². The van der Waals surface area contributed by atoms with Gasteiger partial charge in [0.15, 0.2) is 0 Å². The molecule has 0 amide bonds. The molecule has 3 aliphatic rings. The van der Waals surface area contributed by atoms with Crippen LogP contribution in [0.3, 0.4) is 0 Å². The van der Waals surface area contributed by atoms with Crippen LogP contribution in [0.5, 0.6) is 0 Å². The van der Waals surface area contributed by atoms with E-state index in [0.29, 0.717) is 5.92 Å². The topological polar surface area (TPSA) is 38.8 Å². The lowest BCUT2D eigenvalue weighted by molar-refractivity contribution is -0.145. The summed E-state index contributed by atoms with van der Waals surface area (Å²) in [7, 11) is 0. The van der Waals surface area contributed by atoms with Crippen LogP contribution in [0.4, 0.5) is 0 Å². The summed E-state index contributed by atoms with van der Waals surface area (Å²) >= 11 is 0. The predicted molar refractivity (Wildman–Crippen MR) is 72.7 cm³/mol. The normalized spacial score (nSPS) is 48.6. The molecule has 3 heteroatoms. The summed E-state index contributed by atoms with van der Waals surface area (Å²) in [6.45, 7) is 6.44. The van der Waals surface area contributed by atoms with Gasteiger partial charge in [0, 0.05) is 5.92 Å². The minimum atomic E-state index is -0.0695. The highest BCUT2D eigenvalue weighted by molar-refractivity contribution is 5.75. The Morgan fingerprint density at radius 3 is 3.00 bits per heavy atom. The first-order chi connectivity index (χ1) is 9.05. The minimum absolute atomic E-state index is 0.00349. The molecule has 0 spiro atoms. The van der Waals surface area contributed by atoms with Crippen molar-refractivity contribution in [1.29, 1.82) is 0 Å². The summed E-state index contributed by atoms with van der Waals surface area (Å²) < 4.78 is 11.6. The second-order valence-electron chi connectivity index (χ2n) is 6.56. The van der Waals surface area contributed by atoms with Gasteiger partial charge in [0.05, 0.1) is 11.5 Å². The molecule has 0 radical (unpaired) electrons. The second-order valence-corrected chi connectivity index (χ2v) is 6.56. The lowest BCUT2D eigenvalue weighted by Crippen LogP contribution is -2.30. The minimum Gasteiger partial charge on any atom is -0.459 e. The van der Waals surface area contributed by atoms with E-state index >= 15 is 0 Å². The first-order valence-electron chi connectivity index (χ1n) is 7.59. The molecule has 5 atom stereocenters. The van der Waals surface area contributed by atoms with Gasteiger partial charge in [0.2, 0.25) is 0 Å². The zero-order valence-electron chi connectivity index (χ0n) is 12.1. The molecule has 0 aromatic carbocycles. The van der Waals surface area contributed by atoms with Gasteiger partial charge in [-0.1, -0.05) is 18.6 Å². The quantitative estimate of drug-likeness (QED) is 0.414. The number of rotatable bonds is 1. The largest absolute Gasteiger partial charge is 0.459 e. The van der Waals surface area contributed by atoms with Gasteiger partial charge in [-0.05, 0) is 46.0 Å². The first-order valence-corrected chi connectivity index (χ1v) is 7.59. The van der Waals surface area contributed by atoms with Crippen LogP contribution in [0.2, 0.25) is 0 Å². The molecule has 2 saturated heterocycles. The van der Waals surface area contributed by atoms with E-state index in [1.165, 1.54) is 5.57 Å². The fourth-order valence-corrected chi connectivity index (χ4v) is 3.81. The SMILES string of the molecule is CC[C@@H]1C(=O)O[C@H]2[C@H]1CC/C(C)=C/CC[C@@]1(C)O[C@@H]21. The Morgan fingerprint density at radius 2 is 2.26 bits per heavy atom. The second kappa shape index (κ2) is 4.62. The average molecular weight is 264 g/mol. The van der Waals surface area contributed by atoms with Gasteiger partial charge >= 0.3 is 5.97 Å². The Hall–Kier alpha value is -0.830. The molecule has 1 aliphatic carbocycles. The maximum absolute atomic E-state index is 12.0. The van der Waals surface area contributed by atoms with E-state index < -0.39 is 0 Å². The number of esters is 1. The molecule has 3 nitrogen and oxygen atoms in total. The monoisotopic (exact) mass is 264 g/mol. The number of epoxide rings is 1. The van der Waals surface area contributed by atoms with Crippen molar-refractivity contribution in [2.45, 2.75) is 70.7 Å². The first kappa shape index (κ1) is 13.2. The van der Waals surface area contributed by atoms with Crippen LogP contribution in [0, 0.1) is 11.8 Å². The van der Waals surface area contributed by atoms with Crippen molar-refractivity contribution in [3.05, 3.63) is 11.6 Å². The van der Waals surface area contributed by atoms with Gasteiger partial charge in [0.25, 0.3) is 0 Å². The number of fused-ring (bicyclic) bond motifs is 3. The summed E-state index contributed by atoms with van der Waals surface area (Å²) in [5.41, 5.74) is 1.37. The Morgan fingerprint density at radius 1 is 1.47 bits per heavy atom. The van der Waals surface area contributed by atoms with Crippen molar-refractivity contribution in [3.63, 3.8) is 0 Å². The summed E-state index contributed by atoms with van der Waals surface area (Å²) in [5.74, 6) is 0.410. The highest BCUT2D eigenvalue weighted by Crippen LogP contribution is 2.50. The van der Waals surface area contributed by atoms with E-state index in [1.807, 2.05) is 0 Å². The van der Waals surface area contributed by atoms with Crippen molar-refractivity contribution >= 4 is 5.97 Å². The fraction of sp³-hybridized carbons (Fsp3) is 0.812. The number of carbonyl (C=O) groups excluding carboxylic acids is 1. The maximum Gasteiger partial charge on any atom is 0.309 e. The molecular weight excluding hydrogens is 240 g/mol. The van der Waals surface area contributed by atoms with Crippen molar-refractivity contribution in [3.8, 4) is 0 Å². The van der Waals surface area contributed by atoms with Crippen LogP contribution in [0.15, 0.2) is 11.6 Å².